The van der Waals surface area contributed by atoms with E-state index in [-0.39, 0.29) is 12.1 Å². The van der Waals surface area contributed by atoms with Crippen LogP contribution in [0.15, 0.2) is 67.1 Å². The van der Waals surface area contributed by atoms with E-state index in [0.29, 0.717) is 16.8 Å². The average Bonchev–Trinajstić information content (AvgIpc) is 3.44. The van der Waals surface area contributed by atoms with Crippen LogP contribution in [0.25, 0.3) is 0 Å². The molecule has 0 radical (unpaired) electrons. The van der Waals surface area contributed by atoms with Crippen LogP contribution in [0.1, 0.15) is 61.5 Å². The van der Waals surface area contributed by atoms with Gasteiger partial charge in [0.1, 0.15) is 0 Å². The maximum atomic E-state index is 11.6. The maximum Gasteiger partial charge on any atom is 0.229 e. The van der Waals surface area contributed by atoms with Gasteiger partial charge in [-0.25, -0.2) is 8.42 Å². The van der Waals surface area contributed by atoms with Crippen LogP contribution in [0.5, 0.6) is 0 Å². The van der Waals surface area contributed by atoms with Crippen LogP contribution in [-0.2, 0) is 10.0 Å². The molecule has 7 nitrogen and oxygen atoms in total. The Kier molecular flexibility index (Phi) is 6.31. The quantitative estimate of drug-likeness (QED) is 0.472. The Morgan fingerprint density at radius 2 is 1.82 bits per heavy atom. The van der Waals surface area contributed by atoms with Crippen LogP contribution < -0.4 is 14.9 Å². The smallest absolute Gasteiger partial charge is 0.229 e. The highest BCUT2D eigenvalue weighted by atomic mass is 32.2. The standard InChI is InChI=1S/C25H29N5O2S2/c1-34(31,32)28-19-10-12-21(13-11-19)30-24(23(27-25(30)33)22-9-5-6-15-26-22)18-14-16-29(17-18)20-7-3-2-4-8-20/h5-6,9-17,20,23-24,28H,2-4,7-8H2,1H3,(H,27,33)/t23-,24-/m1/s1. The first-order valence-electron chi connectivity index (χ1n) is 11.6. The zero-order valence-electron chi connectivity index (χ0n) is 19.1. The number of benzene rings is 1. The van der Waals surface area contributed by atoms with Gasteiger partial charge in [0.25, 0.3) is 0 Å². The van der Waals surface area contributed by atoms with Gasteiger partial charge in [-0.05, 0) is 73.1 Å². The van der Waals surface area contributed by atoms with Crippen molar-refractivity contribution in [3.63, 3.8) is 0 Å². The van der Waals surface area contributed by atoms with Crippen molar-refractivity contribution >= 4 is 38.7 Å². The number of hydrogen-bond donors (Lipinski definition) is 2. The third kappa shape index (κ3) is 4.81. The molecule has 2 aliphatic rings. The largest absolute Gasteiger partial charge is 0.351 e. The second-order valence-electron chi connectivity index (χ2n) is 9.10. The van der Waals surface area contributed by atoms with Crippen LogP contribution >= 0.6 is 12.2 Å². The van der Waals surface area contributed by atoms with Crippen LogP contribution in [0, 0.1) is 0 Å². The fourth-order valence-corrected chi connectivity index (χ4v) is 6.00. The highest BCUT2D eigenvalue weighted by molar-refractivity contribution is 7.92. The lowest BCUT2D eigenvalue weighted by Crippen LogP contribution is -2.29. The zero-order valence-corrected chi connectivity index (χ0v) is 20.7. The molecule has 3 aromatic rings. The van der Waals surface area contributed by atoms with Crippen molar-refractivity contribution < 1.29 is 8.42 Å². The van der Waals surface area contributed by atoms with Crippen molar-refractivity contribution in [2.45, 2.75) is 50.2 Å². The molecule has 0 amide bonds. The Bertz CT molecular complexity index is 1250. The molecule has 3 heterocycles. The van der Waals surface area contributed by atoms with Gasteiger partial charge >= 0.3 is 0 Å². The summed E-state index contributed by atoms with van der Waals surface area (Å²) in [5, 5.41) is 4.10. The Morgan fingerprint density at radius 3 is 2.50 bits per heavy atom. The molecular weight excluding hydrogens is 466 g/mol. The van der Waals surface area contributed by atoms with E-state index in [1.807, 2.05) is 30.3 Å². The van der Waals surface area contributed by atoms with Gasteiger partial charge in [0.05, 0.1) is 24.0 Å². The van der Waals surface area contributed by atoms with E-state index in [1.54, 1.807) is 18.3 Å². The first kappa shape index (κ1) is 22.9. The van der Waals surface area contributed by atoms with E-state index < -0.39 is 10.0 Å². The average molecular weight is 496 g/mol. The van der Waals surface area contributed by atoms with Crippen molar-refractivity contribution in [2.75, 3.05) is 15.9 Å². The molecule has 34 heavy (non-hydrogen) atoms. The zero-order chi connectivity index (χ0) is 23.7. The number of hydrogen-bond acceptors (Lipinski definition) is 4. The summed E-state index contributed by atoms with van der Waals surface area (Å²) in [6.45, 7) is 0. The second kappa shape index (κ2) is 9.38. The summed E-state index contributed by atoms with van der Waals surface area (Å²) in [7, 11) is -3.34. The third-order valence-corrected chi connectivity index (χ3v) is 7.54. The lowest BCUT2D eigenvalue weighted by Gasteiger charge is -2.28. The van der Waals surface area contributed by atoms with E-state index in [9.17, 15) is 8.42 Å². The first-order valence-corrected chi connectivity index (χ1v) is 13.9. The molecule has 178 valence electrons. The number of thiocarbonyl (C=S) groups is 1. The second-order valence-corrected chi connectivity index (χ2v) is 11.2. The predicted molar refractivity (Wildman–Crippen MR) is 139 cm³/mol. The number of rotatable bonds is 6. The van der Waals surface area contributed by atoms with Crippen molar-refractivity contribution in [1.82, 2.24) is 14.9 Å². The number of aromatic nitrogens is 2. The summed E-state index contributed by atoms with van der Waals surface area (Å²) in [6.07, 6.45) is 13.7. The van der Waals surface area contributed by atoms with E-state index in [1.165, 1.54) is 37.7 Å². The van der Waals surface area contributed by atoms with Gasteiger partial charge in [-0.1, -0.05) is 25.3 Å². The van der Waals surface area contributed by atoms with Gasteiger partial charge in [-0.2, -0.15) is 0 Å². The van der Waals surface area contributed by atoms with E-state index in [0.717, 1.165) is 17.6 Å². The molecule has 2 atom stereocenters. The minimum atomic E-state index is -3.34. The van der Waals surface area contributed by atoms with E-state index in [4.69, 9.17) is 12.2 Å². The molecule has 1 aliphatic carbocycles. The summed E-state index contributed by atoms with van der Waals surface area (Å²) in [5.41, 5.74) is 3.51. The molecule has 2 fully saturated rings. The number of nitrogens with one attached hydrogen (secondary N) is 2. The molecule has 0 spiro atoms. The Labute approximate surface area is 206 Å². The van der Waals surface area contributed by atoms with Crippen LogP contribution in [-0.4, -0.2) is 29.3 Å². The minimum Gasteiger partial charge on any atom is -0.351 e. The minimum absolute atomic E-state index is 0.0824. The third-order valence-electron chi connectivity index (χ3n) is 6.62. The van der Waals surface area contributed by atoms with Gasteiger partial charge in [0, 0.05) is 36.0 Å². The molecule has 9 heteroatoms. The molecule has 2 N–H and O–H groups in total. The number of sulfonamides is 1. The van der Waals surface area contributed by atoms with Crippen LogP contribution in [0.3, 0.4) is 0 Å². The molecule has 5 rings (SSSR count). The Balaban J connectivity index is 1.51. The molecular formula is C25H29N5O2S2. The monoisotopic (exact) mass is 495 g/mol. The number of nitrogens with zero attached hydrogens (tertiary/aromatic N) is 3. The summed E-state index contributed by atoms with van der Waals surface area (Å²) in [4.78, 5) is 6.73. The molecule has 0 unspecified atom stereocenters. The molecule has 2 aromatic heterocycles. The van der Waals surface area contributed by atoms with Crippen molar-refractivity contribution in [2.24, 2.45) is 0 Å². The van der Waals surface area contributed by atoms with E-state index in [2.05, 4.69) is 42.9 Å². The van der Waals surface area contributed by atoms with Crippen LogP contribution in [0.4, 0.5) is 11.4 Å². The highest BCUT2D eigenvalue weighted by Gasteiger charge is 2.41. The topological polar surface area (TPSA) is 79.3 Å². The van der Waals surface area contributed by atoms with Gasteiger partial charge in [-0.15, -0.1) is 0 Å². The lowest BCUT2D eigenvalue weighted by molar-refractivity contribution is 0.353. The molecule has 1 saturated carbocycles. The van der Waals surface area contributed by atoms with Crippen LogP contribution in [0.2, 0.25) is 0 Å². The van der Waals surface area contributed by atoms with Gasteiger partial charge in [-0.3, -0.25) is 9.71 Å². The molecule has 0 bridgehead atoms. The van der Waals surface area contributed by atoms with Gasteiger partial charge < -0.3 is 14.8 Å². The maximum absolute atomic E-state index is 11.6. The Morgan fingerprint density at radius 1 is 1.06 bits per heavy atom. The highest BCUT2D eigenvalue weighted by Crippen LogP contribution is 2.42. The fraction of sp³-hybridized carbons (Fsp3) is 0.360. The van der Waals surface area contributed by atoms with E-state index >= 15 is 0 Å². The SMILES string of the molecule is CS(=O)(=O)Nc1ccc(N2C(=S)N[C@H](c3ccccn3)[C@H]2c2ccn(C3CCCCC3)c2)cc1. The van der Waals surface area contributed by atoms with Crippen molar-refractivity contribution in [3.05, 3.63) is 78.4 Å². The summed E-state index contributed by atoms with van der Waals surface area (Å²) >= 11 is 5.80. The fourth-order valence-electron chi connectivity index (χ4n) is 5.09. The normalized spacial score (nSPS) is 21.4. The first-order chi connectivity index (χ1) is 16.4. The molecule has 1 aromatic carbocycles. The molecule has 1 aliphatic heterocycles. The molecule has 1 saturated heterocycles. The Hall–Kier alpha value is -2.91. The van der Waals surface area contributed by atoms with Gasteiger partial charge in [0.15, 0.2) is 5.11 Å². The summed E-state index contributed by atoms with van der Waals surface area (Å²) < 4.78 is 28.1. The lowest BCUT2D eigenvalue weighted by atomic mass is 9.95. The summed E-state index contributed by atoms with van der Waals surface area (Å²) in [6, 6.07) is 15.8. The van der Waals surface area contributed by atoms with Crippen molar-refractivity contribution in [1.29, 1.82) is 0 Å². The summed E-state index contributed by atoms with van der Waals surface area (Å²) in [5.74, 6) is 0. The number of pyridine rings is 1. The predicted octanol–water partition coefficient (Wildman–Crippen LogP) is 4.94. The van der Waals surface area contributed by atoms with Gasteiger partial charge in [0.2, 0.25) is 10.0 Å². The number of anilines is 2. The van der Waals surface area contributed by atoms with Crippen molar-refractivity contribution in [3.8, 4) is 0 Å².